The molecule has 1 aromatic carbocycles. The van der Waals surface area contributed by atoms with Gasteiger partial charge < -0.3 is 5.73 Å². The molecular weight excluding hydrogens is 170 g/mol. The average Bonchev–Trinajstić information content (AvgIpc) is 2.19. The fraction of sp³-hybridized carbons (Fsp3) is 0.538. The Balaban J connectivity index is 2.22. The molecule has 0 bridgehead atoms. The molecule has 2 unspecified atom stereocenters. The van der Waals surface area contributed by atoms with Crippen molar-refractivity contribution >= 4 is 0 Å². The third kappa shape index (κ3) is 1.69. The van der Waals surface area contributed by atoms with Gasteiger partial charge in [-0.1, -0.05) is 37.6 Å². The molecule has 0 radical (unpaired) electrons. The van der Waals surface area contributed by atoms with Gasteiger partial charge in [0.05, 0.1) is 0 Å². The van der Waals surface area contributed by atoms with Crippen LogP contribution in [0.3, 0.4) is 0 Å². The van der Waals surface area contributed by atoms with Crippen LogP contribution in [0.4, 0.5) is 0 Å². The zero-order valence-electron chi connectivity index (χ0n) is 8.87. The lowest BCUT2D eigenvalue weighted by Crippen LogP contribution is -2.37. The summed E-state index contributed by atoms with van der Waals surface area (Å²) in [6, 6.07) is 9.20. The van der Waals surface area contributed by atoms with Gasteiger partial charge in [-0.2, -0.15) is 0 Å². The molecule has 0 aliphatic heterocycles. The predicted molar refractivity (Wildman–Crippen MR) is 60.4 cm³/mol. The van der Waals surface area contributed by atoms with Crippen LogP contribution >= 0.6 is 0 Å². The van der Waals surface area contributed by atoms with E-state index in [2.05, 4.69) is 31.2 Å². The van der Waals surface area contributed by atoms with E-state index in [-0.39, 0.29) is 0 Å². The predicted octanol–water partition coefficient (Wildman–Crippen LogP) is 2.84. The van der Waals surface area contributed by atoms with Crippen molar-refractivity contribution in [1.82, 2.24) is 0 Å². The quantitative estimate of drug-likeness (QED) is 0.777. The Morgan fingerprint density at radius 1 is 1.29 bits per heavy atom. The molecule has 2 atom stereocenters. The normalized spacial score (nSPS) is 25.9. The second-order valence-electron chi connectivity index (χ2n) is 4.30. The lowest BCUT2D eigenvalue weighted by molar-refractivity contribution is 0.345. The van der Waals surface area contributed by atoms with Crippen LogP contribution in [0.1, 0.15) is 43.2 Å². The molecule has 0 spiro atoms. The summed E-state index contributed by atoms with van der Waals surface area (Å²) >= 11 is 0. The van der Waals surface area contributed by atoms with E-state index in [1.807, 2.05) is 0 Å². The van der Waals surface area contributed by atoms with Crippen LogP contribution in [0.15, 0.2) is 24.3 Å². The summed E-state index contributed by atoms with van der Waals surface area (Å²) in [4.78, 5) is 0. The van der Waals surface area contributed by atoms with E-state index in [0.717, 1.165) is 0 Å². The molecule has 1 aliphatic carbocycles. The van der Waals surface area contributed by atoms with Crippen molar-refractivity contribution < 1.29 is 0 Å². The molecule has 1 fully saturated rings. The van der Waals surface area contributed by atoms with Gasteiger partial charge in [-0.05, 0) is 36.3 Å². The van der Waals surface area contributed by atoms with E-state index < -0.39 is 0 Å². The van der Waals surface area contributed by atoms with Gasteiger partial charge in [-0.15, -0.1) is 0 Å². The molecule has 0 heterocycles. The first-order valence-electron chi connectivity index (χ1n) is 5.66. The second kappa shape index (κ2) is 4.14. The number of rotatable bonds is 3. The summed E-state index contributed by atoms with van der Waals surface area (Å²) in [5, 5.41) is 0. The monoisotopic (exact) mass is 189 g/mol. The van der Waals surface area contributed by atoms with Gasteiger partial charge in [0.2, 0.25) is 0 Å². The second-order valence-corrected chi connectivity index (χ2v) is 4.30. The third-order valence-corrected chi connectivity index (χ3v) is 3.30. The topological polar surface area (TPSA) is 26.0 Å². The van der Waals surface area contributed by atoms with Crippen LogP contribution in [-0.2, 0) is 6.42 Å². The first-order valence-corrected chi connectivity index (χ1v) is 5.66. The van der Waals surface area contributed by atoms with Crippen LogP contribution in [0.25, 0.3) is 0 Å². The maximum Gasteiger partial charge on any atom is 0.0108 e. The molecule has 1 aromatic rings. The Morgan fingerprint density at radius 2 is 2.07 bits per heavy atom. The summed E-state index contributed by atoms with van der Waals surface area (Å²) in [7, 11) is 0. The van der Waals surface area contributed by atoms with Gasteiger partial charge in [-0.3, -0.25) is 0 Å². The standard InChI is InChI=1S/C13H19N/c1-2-5-10-6-3-4-7-11(10)12-8-9-13(12)14/h3-4,6-7,12-13H,2,5,8-9,14H2,1H3. The van der Waals surface area contributed by atoms with Gasteiger partial charge in [0.15, 0.2) is 0 Å². The number of hydrogen-bond donors (Lipinski definition) is 1. The zero-order valence-corrected chi connectivity index (χ0v) is 8.87. The maximum atomic E-state index is 6.02. The number of aryl methyl sites for hydroxylation is 1. The summed E-state index contributed by atoms with van der Waals surface area (Å²) in [6.45, 7) is 2.23. The molecule has 14 heavy (non-hydrogen) atoms. The average molecular weight is 189 g/mol. The van der Waals surface area contributed by atoms with Gasteiger partial charge in [0.25, 0.3) is 0 Å². The van der Waals surface area contributed by atoms with Crippen LogP contribution in [0, 0.1) is 0 Å². The van der Waals surface area contributed by atoms with Crippen molar-refractivity contribution in [2.45, 2.75) is 44.6 Å². The summed E-state index contributed by atoms with van der Waals surface area (Å²) in [5.74, 6) is 0.637. The molecule has 1 nitrogen and oxygen atoms in total. The van der Waals surface area contributed by atoms with Crippen LogP contribution in [0.5, 0.6) is 0 Å². The van der Waals surface area contributed by atoms with E-state index in [4.69, 9.17) is 5.73 Å². The molecule has 1 saturated carbocycles. The fourth-order valence-electron chi connectivity index (χ4n) is 2.30. The van der Waals surface area contributed by atoms with E-state index in [1.54, 1.807) is 0 Å². The van der Waals surface area contributed by atoms with Gasteiger partial charge in [0.1, 0.15) is 0 Å². The highest BCUT2D eigenvalue weighted by molar-refractivity contribution is 5.33. The summed E-state index contributed by atoms with van der Waals surface area (Å²) < 4.78 is 0. The SMILES string of the molecule is CCCc1ccccc1C1CCC1N. The minimum atomic E-state index is 0.410. The summed E-state index contributed by atoms with van der Waals surface area (Å²) in [5.41, 5.74) is 9.04. The third-order valence-electron chi connectivity index (χ3n) is 3.30. The highest BCUT2D eigenvalue weighted by Crippen LogP contribution is 2.37. The first-order chi connectivity index (χ1) is 6.83. The van der Waals surface area contributed by atoms with E-state index >= 15 is 0 Å². The first kappa shape index (κ1) is 9.72. The number of nitrogens with two attached hydrogens (primary N) is 1. The van der Waals surface area contributed by atoms with Gasteiger partial charge >= 0.3 is 0 Å². The minimum absolute atomic E-state index is 0.410. The highest BCUT2D eigenvalue weighted by atomic mass is 14.7. The van der Waals surface area contributed by atoms with Crippen molar-refractivity contribution in [2.75, 3.05) is 0 Å². The van der Waals surface area contributed by atoms with Crippen molar-refractivity contribution in [3.63, 3.8) is 0 Å². The highest BCUT2D eigenvalue weighted by Gasteiger charge is 2.29. The Morgan fingerprint density at radius 3 is 2.64 bits per heavy atom. The molecular formula is C13H19N. The molecule has 2 N–H and O–H groups in total. The van der Waals surface area contributed by atoms with Crippen molar-refractivity contribution in [3.05, 3.63) is 35.4 Å². The lowest BCUT2D eigenvalue weighted by atomic mass is 9.74. The smallest absolute Gasteiger partial charge is 0.0108 e. The van der Waals surface area contributed by atoms with Crippen molar-refractivity contribution in [1.29, 1.82) is 0 Å². The van der Waals surface area contributed by atoms with E-state index in [0.29, 0.717) is 12.0 Å². The van der Waals surface area contributed by atoms with Crippen LogP contribution < -0.4 is 5.73 Å². The molecule has 2 rings (SSSR count). The Hall–Kier alpha value is -0.820. The molecule has 1 heteroatoms. The lowest BCUT2D eigenvalue weighted by Gasteiger charge is -2.35. The van der Waals surface area contributed by atoms with Crippen LogP contribution in [-0.4, -0.2) is 6.04 Å². The van der Waals surface area contributed by atoms with Gasteiger partial charge in [-0.25, -0.2) is 0 Å². The maximum absolute atomic E-state index is 6.02. The molecule has 0 amide bonds. The number of hydrogen-bond acceptors (Lipinski definition) is 1. The molecule has 0 saturated heterocycles. The van der Waals surface area contributed by atoms with Crippen molar-refractivity contribution in [2.24, 2.45) is 5.73 Å². The number of benzene rings is 1. The van der Waals surface area contributed by atoms with Crippen molar-refractivity contribution in [3.8, 4) is 0 Å². The van der Waals surface area contributed by atoms with E-state index in [1.165, 1.54) is 36.8 Å². The van der Waals surface area contributed by atoms with E-state index in [9.17, 15) is 0 Å². The van der Waals surface area contributed by atoms with Crippen LogP contribution in [0.2, 0.25) is 0 Å². The molecule has 1 aliphatic rings. The summed E-state index contributed by atoms with van der Waals surface area (Å²) in [6.07, 6.45) is 4.89. The zero-order chi connectivity index (χ0) is 9.97. The minimum Gasteiger partial charge on any atom is -0.327 e. The Kier molecular flexibility index (Phi) is 2.87. The molecule has 0 aromatic heterocycles. The Bertz CT molecular complexity index is 306. The Labute approximate surface area is 86.3 Å². The van der Waals surface area contributed by atoms with Gasteiger partial charge in [0, 0.05) is 6.04 Å². The molecule has 76 valence electrons. The largest absolute Gasteiger partial charge is 0.327 e. The fourth-order valence-corrected chi connectivity index (χ4v) is 2.30.